The summed E-state index contributed by atoms with van der Waals surface area (Å²) in [6, 6.07) is 0. The van der Waals surface area contributed by atoms with Gasteiger partial charge in [0.15, 0.2) is 0 Å². The van der Waals surface area contributed by atoms with Gasteiger partial charge in [0.1, 0.15) is 4.75 Å². The summed E-state index contributed by atoms with van der Waals surface area (Å²) >= 11 is 4.33. The molecule has 0 rings (SSSR count). The topological polar surface area (TPSA) is 37.3 Å². The van der Waals surface area contributed by atoms with E-state index in [2.05, 4.69) is 26.5 Å². The molecule has 0 aromatic carbocycles. The first-order valence-electron chi connectivity index (χ1n) is 5.95. The minimum atomic E-state index is -0.825. The van der Waals surface area contributed by atoms with E-state index in [-0.39, 0.29) is 0 Å². The Morgan fingerprint density at radius 1 is 1.40 bits per heavy atom. The molecule has 90 valence electrons. The van der Waals surface area contributed by atoms with Crippen molar-refractivity contribution in [2.45, 2.75) is 64.0 Å². The molecule has 0 bridgehead atoms. The number of aliphatic carboxylic acids is 1. The molecule has 0 saturated carbocycles. The molecule has 15 heavy (non-hydrogen) atoms. The van der Waals surface area contributed by atoms with Crippen LogP contribution >= 0.6 is 12.6 Å². The fourth-order valence-corrected chi connectivity index (χ4v) is 2.06. The highest BCUT2D eigenvalue weighted by molar-refractivity contribution is 7.82. The second-order valence-corrected chi connectivity index (χ2v) is 5.17. The highest BCUT2D eigenvalue weighted by Crippen LogP contribution is 2.31. The van der Waals surface area contributed by atoms with Gasteiger partial charge < -0.3 is 5.11 Å². The quantitative estimate of drug-likeness (QED) is 0.625. The van der Waals surface area contributed by atoms with Crippen molar-refractivity contribution in [1.82, 2.24) is 0 Å². The van der Waals surface area contributed by atoms with E-state index in [1.165, 1.54) is 12.8 Å². The van der Waals surface area contributed by atoms with Crippen LogP contribution in [0.5, 0.6) is 0 Å². The minimum absolute atomic E-state index is 0.499. The van der Waals surface area contributed by atoms with E-state index in [1.54, 1.807) is 0 Å². The first kappa shape index (κ1) is 14.8. The van der Waals surface area contributed by atoms with Gasteiger partial charge in [-0.25, -0.2) is 0 Å². The monoisotopic (exact) mass is 232 g/mol. The van der Waals surface area contributed by atoms with Gasteiger partial charge in [-0.15, -0.1) is 0 Å². The van der Waals surface area contributed by atoms with Crippen LogP contribution in [0.15, 0.2) is 0 Å². The highest BCUT2D eigenvalue weighted by Gasteiger charge is 2.34. The molecule has 0 radical (unpaired) electrons. The van der Waals surface area contributed by atoms with Crippen LogP contribution < -0.4 is 0 Å². The van der Waals surface area contributed by atoms with Gasteiger partial charge in [-0.1, -0.05) is 46.5 Å². The summed E-state index contributed by atoms with van der Waals surface area (Å²) in [6.07, 6.45) is 5.83. The lowest BCUT2D eigenvalue weighted by molar-refractivity contribution is -0.140. The van der Waals surface area contributed by atoms with Gasteiger partial charge in [0.25, 0.3) is 0 Å². The zero-order valence-corrected chi connectivity index (χ0v) is 11.0. The van der Waals surface area contributed by atoms with E-state index >= 15 is 0 Å². The van der Waals surface area contributed by atoms with Crippen molar-refractivity contribution in [3.63, 3.8) is 0 Å². The van der Waals surface area contributed by atoms with Gasteiger partial charge in [0.2, 0.25) is 0 Å². The number of carboxylic acids is 1. The molecule has 2 unspecified atom stereocenters. The van der Waals surface area contributed by atoms with Gasteiger partial charge in [0, 0.05) is 0 Å². The third-order valence-corrected chi connectivity index (χ3v) is 3.84. The molecule has 0 aromatic heterocycles. The number of hydrogen-bond acceptors (Lipinski definition) is 2. The minimum Gasteiger partial charge on any atom is -0.480 e. The first-order valence-corrected chi connectivity index (χ1v) is 6.40. The fourth-order valence-electron chi connectivity index (χ4n) is 1.80. The normalized spacial score (nSPS) is 17.1. The molecule has 0 aliphatic carbocycles. The summed E-state index contributed by atoms with van der Waals surface area (Å²) in [5.41, 5.74) is 0. The van der Waals surface area contributed by atoms with Crippen molar-refractivity contribution < 1.29 is 9.90 Å². The second-order valence-electron chi connectivity index (χ2n) is 4.31. The third-order valence-electron chi connectivity index (χ3n) is 3.15. The van der Waals surface area contributed by atoms with Gasteiger partial charge in [0.05, 0.1) is 0 Å². The van der Waals surface area contributed by atoms with E-state index in [0.717, 1.165) is 12.8 Å². The average molecular weight is 232 g/mol. The van der Waals surface area contributed by atoms with Gasteiger partial charge in [-0.05, 0) is 18.8 Å². The molecular weight excluding hydrogens is 208 g/mol. The summed E-state index contributed by atoms with van der Waals surface area (Å²) in [6.45, 7) is 6.19. The van der Waals surface area contributed by atoms with Crippen molar-refractivity contribution in [2.75, 3.05) is 0 Å². The van der Waals surface area contributed by atoms with Crippen molar-refractivity contribution >= 4 is 18.6 Å². The number of carboxylic acid groups (broad SMARTS) is 1. The molecule has 0 saturated heterocycles. The van der Waals surface area contributed by atoms with Gasteiger partial charge >= 0.3 is 5.97 Å². The van der Waals surface area contributed by atoms with Crippen LogP contribution in [-0.4, -0.2) is 15.8 Å². The molecule has 0 aliphatic rings. The van der Waals surface area contributed by atoms with E-state index in [0.29, 0.717) is 18.8 Å². The Morgan fingerprint density at radius 2 is 2.00 bits per heavy atom. The highest BCUT2D eigenvalue weighted by atomic mass is 32.1. The molecule has 0 spiro atoms. The van der Waals surface area contributed by atoms with Crippen LogP contribution in [-0.2, 0) is 4.79 Å². The first-order chi connectivity index (χ1) is 7.00. The largest absolute Gasteiger partial charge is 0.480 e. The second kappa shape index (κ2) is 7.15. The van der Waals surface area contributed by atoms with Crippen LogP contribution in [0.3, 0.4) is 0 Å². The fraction of sp³-hybridized carbons (Fsp3) is 0.917. The summed E-state index contributed by atoms with van der Waals surface area (Å²) in [7, 11) is 0. The average Bonchev–Trinajstić information content (AvgIpc) is 2.23. The Labute approximate surface area is 98.9 Å². The number of unbranched alkanes of at least 4 members (excludes halogenated alkanes) is 1. The van der Waals surface area contributed by atoms with Gasteiger partial charge in [-0.3, -0.25) is 4.79 Å². The van der Waals surface area contributed by atoms with Crippen LogP contribution in [0.2, 0.25) is 0 Å². The van der Waals surface area contributed by atoms with Crippen LogP contribution in [0, 0.1) is 5.92 Å². The van der Waals surface area contributed by atoms with E-state index in [4.69, 9.17) is 5.11 Å². The molecular formula is C12H24O2S. The zero-order chi connectivity index (χ0) is 11.9. The van der Waals surface area contributed by atoms with E-state index in [9.17, 15) is 4.79 Å². The molecule has 2 atom stereocenters. The number of rotatable bonds is 8. The smallest absolute Gasteiger partial charge is 0.319 e. The Kier molecular flexibility index (Phi) is 7.07. The van der Waals surface area contributed by atoms with E-state index < -0.39 is 10.7 Å². The van der Waals surface area contributed by atoms with Crippen molar-refractivity contribution in [1.29, 1.82) is 0 Å². The van der Waals surface area contributed by atoms with Crippen molar-refractivity contribution in [3.8, 4) is 0 Å². The molecule has 0 amide bonds. The molecule has 3 heteroatoms. The predicted molar refractivity (Wildman–Crippen MR) is 67.6 cm³/mol. The standard InChI is InChI=1S/C12H24O2S/c1-4-7-8-10(5-2)9-12(15,6-3)11(13)14/h10,15H,4-9H2,1-3H3,(H,13,14). The lowest BCUT2D eigenvalue weighted by atomic mass is 9.87. The molecule has 1 N–H and O–H groups in total. The lowest BCUT2D eigenvalue weighted by Gasteiger charge is -2.27. The van der Waals surface area contributed by atoms with Crippen LogP contribution in [0.4, 0.5) is 0 Å². The molecule has 0 aliphatic heterocycles. The SMILES string of the molecule is CCCCC(CC)CC(S)(CC)C(=O)O. The van der Waals surface area contributed by atoms with Crippen LogP contribution in [0.25, 0.3) is 0 Å². The molecule has 0 fully saturated rings. The van der Waals surface area contributed by atoms with E-state index in [1.807, 2.05) is 6.92 Å². The molecule has 2 nitrogen and oxygen atoms in total. The van der Waals surface area contributed by atoms with Crippen molar-refractivity contribution in [2.24, 2.45) is 5.92 Å². The Balaban J connectivity index is 4.29. The van der Waals surface area contributed by atoms with Crippen molar-refractivity contribution in [3.05, 3.63) is 0 Å². The van der Waals surface area contributed by atoms with Gasteiger partial charge in [-0.2, -0.15) is 12.6 Å². The maximum atomic E-state index is 11.1. The predicted octanol–water partition coefficient (Wildman–Crippen LogP) is 3.76. The Morgan fingerprint density at radius 3 is 2.33 bits per heavy atom. The summed E-state index contributed by atoms with van der Waals surface area (Å²) in [5.74, 6) is -0.276. The summed E-state index contributed by atoms with van der Waals surface area (Å²) in [5, 5.41) is 9.13. The lowest BCUT2D eigenvalue weighted by Crippen LogP contribution is -2.34. The maximum Gasteiger partial charge on any atom is 0.319 e. The molecule has 0 aromatic rings. The van der Waals surface area contributed by atoms with Crippen LogP contribution in [0.1, 0.15) is 59.3 Å². The Hall–Kier alpha value is -0.180. The number of thiol groups is 1. The maximum absolute atomic E-state index is 11.1. The Bertz CT molecular complexity index is 194. The number of hydrogen-bond donors (Lipinski definition) is 2. The molecule has 0 heterocycles. The number of carbonyl (C=O) groups is 1. The third kappa shape index (κ3) is 4.92. The zero-order valence-electron chi connectivity index (χ0n) is 10.1. The summed E-state index contributed by atoms with van der Waals surface area (Å²) in [4.78, 5) is 11.1. The summed E-state index contributed by atoms with van der Waals surface area (Å²) < 4.78 is -0.825.